The first-order valence-electron chi connectivity index (χ1n) is 7.37. The van der Waals surface area contributed by atoms with Gasteiger partial charge in [0.15, 0.2) is 0 Å². The van der Waals surface area contributed by atoms with Gasteiger partial charge in [0.2, 0.25) is 0 Å². The van der Waals surface area contributed by atoms with Crippen molar-refractivity contribution < 1.29 is 4.74 Å². The van der Waals surface area contributed by atoms with Gasteiger partial charge >= 0.3 is 0 Å². The predicted molar refractivity (Wildman–Crippen MR) is 90.4 cm³/mol. The van der Waals surface area contributed by atoms with Crippen molar-refractivity contribution in [1.29, 1.82) is 5.26 Å². The maximum Gasteiger partial charge on any atom is 0.126 e. The van der Waals surface area contributed by atoms with Crippen molar-refractivity contribution in [3.63, 3.8) is 0 Å². The number of nitrogens with zero attached hydrogens (tertiary/aromatic N) is 1. The van der Waals surface area contributed by atoms with E-state index in [1.54, 1.807) is 0 Å². The van der Waals surface area contributed by atoms with E-state index < -0.39 is 0 Å². The number of rotatable bonds is 8. The van der Waals surface area contributed by atoms with Crippen LogP contribution in [-0.4, -0.2) is 13.7 Å². The molecule has 0 aliphatic rings. The zero-order chi connectivity index (χ0) is 15.9. The van der Waals surface area contributed by atoms with Crippen LogP contribution in [0.15, 0.2) is 16.6 Å². The van der Waals surface area contributed by atoms with Gasteiger partial charge in [-0.15, -0.1) is 0 Å². The second-order valence-electron chi connectivity index (χ2n) is 6.04. The van der Waals surface area contributed by atoms with Gasteiger partial charge in [-0.3, -0.25) is 0 Å². The lowest BCUT2D eigenvalue weighted by Gasteiger charge is -2.17. The molecule has 0 saturated heterocycles. The fourth-order valence-corrected chi connectivity index (χ4v) is 2.85. The number of benzene rings is 1. The Balaban J connectivity index is 2.54. The normalized spacial score (nSPS) is 11.2. The summed E-state index contributed by atoms with van der Waals surface area (Å²) in [4.78, 5) is 0. The summed E-state index contributed by atoms with van der Waals surface area (Å²) >= 11 is 3.53. The van der Waals surface area contributed by atoms with Crippen LogP contribution in [0, 0.1) is 23.7 Å². The highest BCUT2D eigenvalue weighted by Crippen LogP contribution is 2.28. The molecule has 0 spiro atoms. The number of unbranched alkanes of at least 4 members (excludes halogenated alkanes) is 1. The zero-order valence-corrected chi connectivity index (χ0v) is 15.0. The number of nitriles is 1. The molecule has 0 fully saturated rings. The molecule has 3 nitrogen and oxygen atoms in total. The molecular weight excluding hydrogens is 328 g/mol. The minimum absolute atomic E-state index is 0.231. The maximum absolute atomic E-state index is 8.99. The van der Waals surface area contributed by atoms with Gasteiger partial charge in [0.25, 0.3) is 0 Å². The van der Waals surface area contributed by atoms with E-state index in [1.165, 1.54) is 5.56 Å². The fraction of sp³-hybridized carbons (Fsp3) is 0.588. The van der Waals surface area contributed by atoms with Crippen LogP contribution < -0.4 is 10.1 Å². The first-order valence-corrected chi connectivity index (χ1v) is 8.16. The minimum atomic E-state index is -0.231. The lowest BCUT2D eigenvalue weighted by atomic mass is 9.89. The van der Waals surface area contributed by atoms with Crippen molar-refractivity contribution in [3.8, 4) is 11.8 Å². The summed E-state index contributed by atoms with van der Waals surface area (Å²) in [6, 6.07) is 6.51. The summed E-state index contributed by atoms with van der Waals surface area (Å²) in [5.41, 5.74) is 2.08. The van der Waals surface area contributed by atoms with Crippen LogP contribution >= 0.6 is 15.9 Å². The lowest BCUT2D eigenvalue weighted by molar-refractivity contribution is 0.290. The molecule has 0 radical (unpaired) electrons. The number of hydrogen-bond acceptors (Lipinski definition) is 3. The van der Waals surface area contributed by atoms with Crippen LogP contribution in [-0.2, 0) is 6.54 Å². The molecule has 0 amide bonds. The van der Waals surface area contributed by atoms with Gasteiger partial charge in [0, 0.05) is 16.6 Å². The summed E-state index contributed by atoms with van der Waals surface area (Å²) < 4.78 is 7.06. The first-order chi connectivity index (χ1) is 9.89. The van der Waals surface area contributed by atoms with E-state index >= 15 is 0 Å². The summed E-state index contributed by atoms with van der Waals surface area (Å²) in [5.74, 6) is 0.979. The van der Waals surface area contributed by atoms with E-state index in [0.717, 1.165) is 41.6 Å². The Kier molecular flexibility index (Phi) is 7.21. The molecule has 0 bridgehead atoms. The monoisotopic (exact) mass is 352 g/mol. The molecule has 0 heterocycles. The molecule has 116 valence electrons. The topological polar surface area (TPSA) is 45.0 Å². The Hall–Kier alpha value is -1.05. The predicted octanol–water partition coefficient (Wildman–Crippen LogP) is 4.58. The molecule has 21 heavy (non-hydrogen) atoms. The molecule has 4 heteroatoms. The Bertz CT molecular complexity index is 506. The number of nitrogens with one attached hydrogen (secondary N) is 1. The number of halogens is 1. The number of hydrogen-bond donors (Lipinski definition) is 1. The van der Waals surface area contributed by atoms with Gasteiger partial charge in [-0.2, -0.15) is 5.26 Å². The summed E-state index contributed by atoms with van der Waals surface area (Å²) in [5, 5.41) is 12.2. The van der Waals surface area contributed by atoms with Crippen LogP contribution in [0.25, 0.3) is 0 Å². The van der Waals surface area contributed by atoms with E-state index in [9.17, 15) is 0 Å². The highest BCUT2D eigenvalue weighted by molar-refractivity contribution is 9.10. The molecular formula is C17H25BrN2O. The van der Waals surface area contributed by atoms with Gasteiger partial charge in [-0.1, -0.05) is 15.9 Å². The van der Waals surface area contributed by atoms with Crippen molar-refractivity contribution in [1.82, 2.24) is 5.32 Å². The molecule has 0 saturated carbocycles. The fourth-order valence-electron chi connectivity index (χ4n) is 2.23. The summed E-state index contributed by atoms with van der Waals surface area (Å²) in [6.45, 7) is 7.52. The zero-order valence-electron chi connectivity index (χ0n) is 13.4. The van der Waals surface area contributed by atoms with Crippen LogP contribution in [0.2, 0.25) is 0 Å². The van der Waals surface area contributed by atoms with Gasteiger partial charge in [-0.25, -0.2) is 0 Å². The van der Waals surface area contributed by atoms with E-state index in [0.29, 0.717) is 6.61 Å². The minimum Gasteiger partial charge on any atom is -0.493 e. The largest absolute Gasteiger partial charge is 0.493 e. The molecule has 1 rings (SSSR count). The third-order valence-corrected chi connectivity index (χ3v) is 3.89. The molecule has 0 aliphatic carbocycles. The van der Waals surface area contributed by atoms with E-state index in [2.05, 4.69) is 46.4 Å². The van der Waals surface area contributed by atoms with Crippen molar-refractivity contribution in [2.45, 2.75) is 46.6 Å². The first kappa shape index (κ1) is 18.0. The Morgan fingerprint density at radius 2 is 2.05 bits per heavy atom. The van der Waals surface area contributed by atoms with Crippen molar-refractivity contribution >= 4 is 15.9 Å². The Labute approximate surface area is 136 Å². The van der Waals surface area contributed by atoms with Crippen molar-refractivity contribution in [2.75, 3.05) is 13.7 Å². The molecule has 1 N–H and O–H groups in total. The maximum atomic E-state index is 8.99. The van der Waals surface area contributed by atoms with Crippen LogP contribution in [0.4, 0.5) is 0 Å². The molecule has 1 aromatic rings. The smallest absolute Gasteiger partial charge is 0.126 e. The van der Waals surface area contributed by atoms with Gasteiger partial charge in [-0.05, 0) is 64.8 Å². The van der Waals surface area contributed by atoms with Gasteiger partial charge in [0.1, 0.15) is 5.75 Å². The van der Waals surface area contributed by atoms with Crippen molar-refractivity contribution in [3.05, 3.63) is 27.7 Å². The molecule has 0 atom stereocenters. The van der Waals surface area contributed by atoms with Crippen LogP contribution in [0.5, 0.6) is 5.75 Å². The molecule has 0 aromatic heterocycles. The highest BCUT2D eigenvalue weighted by Gasteiger charge is 2.15. The standard InChI is InChI=1S/C17H25BrN2O/c1-13-9-15(18)10-14(11-20-4)16(13)21-8-6-5-7-17(2,3)12-19/h9-10,20H,5-8,11H2,1-4H3. The third-order valence-electron chi connectivity index (χ3n) is 3.43. The molecule has 1 aromatic carbocycles. The summed E-state index contributed by atoms with van der Waals surface area (Å²) in [6.07, 6.45) is 2.90. The SMILES string of the molecule is CNCc1cc(Br)cc(C)c1OCCCCC(C)(C)C#N. The Morgan fingerprint density at radius 1 is 1.33 bits per heavy atom. The molecule has 0 unspecified atom stereocenters. The number of ether oxygens (including phenoxy) is 1. The van der Waals surface area contributed by atoms with E-state index in [-0.39, 0.29) is 5.41 Å². The second-order valence-corrected chi connectivity index (χ2v) is 6.96. The molecule has 0 aliphatic heterocycles. The quantitative estimate of drug-likeness (QED) is 0.696. The third kappa shape index (κ3) is 6.07. The average Bonchev–Trinajstić information content (AvgIpc) is 2.41. The van der Waals surface area contributed by atoms with E-state index in [1.807, 2.05) is 20.9 Å². The second kappa shape index (κ2) is 8.41. The van der Waals surface area contributed by atoms with Gasteiger partial charge in [0.05, 0.1) is 18.1 Å². The van der Waals surface area contributed by atoms with Crippen LogP contribution in [0.1, 0.15) is 44.2 Å². The Morgan fingerprint density at radius 3 is 2.67 bits per heavy atom. The van der Waals surface area contributed by atoms with E-state index in [4.69, 9.17) is 10.00 Å². The van der Waals surface area contributed by atoms with Crippen molar-refractivity contribution in [2.24, 2.45) is 5.41 Å². The highest BCUT2D eigenvalue weighted by atomic mass is 79.9. The summed E-state index contributed by atoms with van der Waals surface area (Å²) in [7, 11) is 1.93. The lowest BCUT2D eigenvalue weighted by Crippen LogP contribution is -2.10. The van der Waals surface area contributed by atoms with Gasteiger partial charge < -0.3 is 10.1 Å². The number of aryl methyl sites for hydroxylation is 1. The van der Waals surface area contributed by atoms with Crippen LogP contribution in [0.3, 0.4) is 0 Å². The average molecular weight is 353 g/mol.